The highest BCUT2D eigenvalue weighted by molar-refractivity contribution is 5.90. The van der Waals surface area contributed by atoms with Gasteiger partial charge < -0.3 is 14.5 Å². The Hall–Kier alpha value is -2.11. The molecule has 1 aliphatic heterocycles. The van der Waals surface area contributed by atoms with E-state index >= 15 is 0 Å². The van der Waals surface area contributed by atoms with Gasteiger partial charge in [-0.3, -0.25) is 9.69 Å². The number of nitrogens with one attached hydrogen (secondary N) is 1. The van der Waals surface area contributed by atoms with Crippen LogP contribution in [0.1, 0.15) is 48.3 Å². The maximum atomic E-state index is 11.9. The molecule has 0 aliphatic carbocycles. The van der Waals surface area contributed by atoms with Crippen molar-refractivity contribution in [1.82, 2.24) is 4.90 Å². The van der Waals surface area contributed by atoms with Crippen molar-refractivity contribution in [3.8, 4) is 0 Å². The summed E-state index contributed by atoms with van der Waals surface area (Å²) in [5, 5.41) is 2.97. The lowest BCUT2D eigenvalue weighted by Gasteiger charge is -2.29. The van der Waals surface area contributed by atoms with Crippen LogP contribution in [0.3, 0.4) is 0 Å². The highest BCUT2D eigenvalue weighted by Gasteiger charge is 2.18. The van der Waals surface area contributed by atoms with Gasteiger partial charge in [0.2, 0.25) is 5.91 Å². The zero-order valence-electron chi connectivity index (χ0n) is 16.6. The monoisotopic (exact) mass is 370 g/mol. The minimum absolute atomic E-state index is 0.00738. The first-order valence-electron chi connectivity index (χ1n) is 9.74. The standard InChI is InChI=1S/C22H30N2O3/c1-16(21-7-4-17(2)27-21)8-11-24-12-9-18-5-6-20(14-19(18)15-24)23-22(25)10-13-26-3/h4-7,14,16H,8-13,15H2,1-3H3,(H,23,25). The molecule has 0 radical (unpaired) electrons. The van der Waals surface area contributed by atoms with Crippen molar-refractivity contribution < 1.29 is 13.9 Å². The van der Waals surface area contributed by atoms with Gasteiger partial charge in [-0.1, -0.05) is 13.0 Å². The Morgan fingerprint density at radius 2 is 2.15 bits per heavy atom. The predicted molar refractivity (Wildman–Crippen MR) is 107 cm³/mol. The molecule has 0 fully saturated rings. The van der Waals surface area contributed by atoms with E-state index in [1.165, 1.54) is 11.1 Å². The van der Waals surface area contributed by atoms with E-state index in [-0.39, 0.29) is 5.91 Å². The topological polar surface area (TPSA) is 54.7 Å². The highest BCUT2D eigenvalue weighted by atomic mass is 16.5. The van der Waals surface area contributed by atoms with Crippen molar-refractivity contribution in [2.24, 2.45) is 0 Å². The average Bonchev–Trinajstić information content (AvgIpc) is 3.10. The molecule has 2 heterocycles. The first-order valence-corrected chi connectivity index (χ1v) is 9.74. The Balaban J connectivity index is 1.54. The maximum absolute atomic E-state index is 11.9. The third-order valence-electron chi connectivity index (χ3n) is 5.24. The number of carbonyl (C=O) groups excluding carboxylic acids is 1. The van der Waals surface area contributed by atoms with Gasteiger partial charge in [-0.2, -0.15) is 0 Å². The number of methoxy groups -OCH3 is 1. The third kappa shape index (κ3) is 5.44. The molecular weight excluding hydrogens is 340 g/mol. The summed E-state index contributed by atoms with van der Waals surface area (Å²) >= 11 is 0. The molecule has 1 unspecified atom stereocenters. The van der Waals surface area contributed by atoms with Crippen molar-refractivity contribution in [3.63, 3.8) is 0 Å². The second kappa shape index (κ2) is 9.20. The number of hydrogen-bond donors (Lipinski definition) is 1. The predicted octanol–water partition coefficient (Wildman–Crippen LogP) is 4.11. The molecule has 27 heavy (non-hydrogen) atoms. The molecule has 0 bridgehead atoms. The number of amides is 1. The number of ether oxygens (including phenoxy) is 1. The van der Waals surface area contributed by atoms with Crippen LogP contribution in [0.25, 0.3) is 0 Å². The average molecular weight is 370 g/mol. The lowest BCUT2D eigenvalue weighted by molar-refractivity contribution is -0.117. The van der Waals surface area contributed by atoms with Gasteiger partial charge in [0.05, 0.1) is 13.0 Å². The molecule has 5 nitrogen and oxygen atoms in total. The first-order chi connectivity index (χ1) is 13.0. The van der Waals surface area contributed by atoms with Crippen LogP contribution in [0.2, 0.25) is 0 Å². The normalized spacial score (nSPS) is 15.4. The molecule has 1 N–H and O–H groups in total. The van der Waals surface area contributed by atoms with Gasteiger partial charge in [-0.25, -0.2) is 0 Å². The third-order valence-corrected chi connectivity index (χ3v) is 5.24. The zero-order chi connectivity index (χ0) is 19.2. The van der Waals surface area contributed by atoms with Crippen LogP contribution >= 0.6 is 0 Å². The number of benzene rings is 1. The number of hydrogen-bond acceptors (Lipinski definition) is 4. The second-order valence-electron chi connectivity index (χ2n) is 7.44. The number of aryl methyl sites for hydroxylation is 1. The fourth-order valence-electron chi connectivity index (χ4n) is 3.54. The van der Waals surface area contributed by atoms with Crippen molar-refractivity contribution >= 4 is 11.6 Å². The van der Waals surface area contributed by atoms with Crippen LogP contribution < -0.4 is 5.32 Å². The number of fused-ring (bicyclic) bond motifs is 1. The molecule has 0 spiro atoms. The van der Waals surface area contributed by atoms with Crippen LogP contribution in [0.4, 0.5) is 5.69 Å². The molecule has 146 valence electrons. The van der Waals surface area contributed by atoms with Crippen molar-refractivity contribution in [2.45, 2.75) is 45.6 Å². The maximum Gasteiger partial charge on any atom is 0.226 e. The van der Waals surface area contributed by atoms with Crippen molar-refractivity contribution in [2.75, 3.05) is 32.1 Å². The lowest BCUT2D eigenvalue weighted by atomic mass is 9.98. The number of nitrogens with zero attached hydrogens (tertiary/aromatic N) is 1. The summed E-state index contributed by atoms with van der Waals surface area (Å²) in [4.78, 5) is 14.4. The molecule has 0 saturated carbocycles. The van der Waals surface area contributed by atoms with Gasteiger partial charge in [-0.05, 0) is 61.7 Å². The van der Waals surface area contributed by atoms with E-state index in [0.29, 0.717) is 18.9 Å². The van der Waals surface area contributed by atoms with E-state index in [4.69, 9.17) is 9.15 Å². The van der Waals surface area contributed by atoms with Crippen molar-refractivity contribution in [3.05, 3.63) is 53.0 Å². The van der Waals surface area contributed by atoms with E-state index < -0.39 is 0 Å². The molecule has 3 rings (SSSR count). The minimum atomic E-state index is -0.00738. The van der Waals surface area contributed by atoms with Gasteiger partial charge in [-0.15, -0.1) is 0 Å². The highest BCUT2D eigenvalue weighted by Crippen LogP contribution is 2.25. The van der Waals surface area contributed by atoms with Gasteiger partial charge in [0.1, 0.15) is 11.5 Å². The molecule has 0 saturated heterocycles. The van der Waals surface area contributed by atoms with Gasteiger partial charge in [0.15, 0.2) is 0 Å². The largest absolute Gasteiger partial charge is 0.466 e. The van der Waals surface area contributed by atoms with Gasteiger partial charge >= 0.3 is 0 Å². The summed E-state index contributed by atoms with van der Waals surface area (Å²) < 4.78 is 10.7. The summed E-state index contributed by atoms with van der Waals surface area (Å²) in [6.45, 7) is 7.72. The minimum Gasteiger partial charge on any atom is -0.466 e. The van der Waals surface area contributed by atoms with E-state index in [9.17, 15) is 4.79 Å². The number of anilines is 1. The van der Waals surface area contributed by atoms with Crippen LogP contribution in [0, 0.1) is 6.92 Å². The molecular formula is C22H30N2O3. The summed E-state index contributed by atoms with van der Waals surface area (Å²) in [6, 6.07) is 10.4. The molecule has 1 amide bonds. The van der Waals surface area contributed by atoms with E-state index in [1.807, 2.05) is 19.1 Å². The zero-order valence-corrected chi connectivity index (χ0v) is 16.6. The number of carbonyl (C=O) groups is 1. The van der Waals surface area contributed by atoms with E-state index in [2.05, 4.69) is 35.3 Å². The summed E-state index contributed by atoms with van der Waals surface area (Å²) in [6.07, 6.45) is 2.51. The van der Waals surface area contributed by atoms with E-state index in [0.717, 1.165) is 49.7 Å². The molecule has 1 atom stereocenters. The van der Waals surface area contributed by atoms with Gasteiger partial charge in [0, 0.05) is 31.8 Å². The van der Waals surface area contributed by atoms with Crippen LogP contribution in [-0.2, 0) is 22.5 Å². The summed E-state index contributed by atoms with van der Waals surface area (Å²) in [7, 11) is 1.61. The van der Waals surface area contributed by atoms with Crippen LogP contribution in [0.5, 0.6) is 0 Å². The van der Waals surface area contributed by atoms with Crippen LogP contribution in [-0.4, -0.2) is 37.6 Å². The van der Waals surface area contributed by atoms with Crippen molar-refractivity contribution in [1.29, 1.82) is 0 Å². The molecule has 1 aromatic carbocycles. The second-order valence-corrected chi connectivity index (χ2v) is 7.44. The van der Waals surface area contributed by atoms with Crippen LogP contribution in [0.15, 0.2) is 34.7 Å². The molecule has 5 heteroatoms. The number of rotatable bonds is 8. The summed E-state index contributed by atoms with van der Waals surface area (Å²) in [5.74, 6) is 2.47. The Kier molecular flexibility index (Phi) is 6.69. The Morgan fingerprint density at radius 3 is 2.89 bits per heavy atom. The Morgan fingerprint density at radius 1 is 1.30 bits per heavy atom. The molecule has 1 aromatic heterocycles. The van der Waals surface area contributed by atoms with E-state index in [1.54, 1.807) is 7.11 Å². The summed E-state index contributed by atoms with van der Waals surface area (Å²) in [5.41, 5.74) is 3.57. The quantitative estimate of drug-likeness (QED) is 0.760. The number of furan rings is 1. The first kappa shape index (κ1) is 19.6. The Labute approximate surface area is 161 Å². The Bertz CT molecular complexity index is 769. The smallest absolute Gasteiger partial charge is 0.226 e. The SMILES string of the molecule is COCCC(=O)Nc1ccc2c(c1)CN(CCC(C)c1ccc(C)o1)CC2. The van der Waals surface area contributed by atoms with Gasteiger partial charge in [0.25, 0.3) is 0 Å². The fourth-order valence-corrected chi connectivity index (χ4v) is 3.54. The molecule has 2 aromatic rings. The lowest BCUT2D eigenvalue weighted by Crippen LogP contribution is -2.32. The molecule has 1 aliphatic rings. The fraction of sp³-hybridized carbons (Fsp3) is 0.500.